The van der Waals surface area contributed by atoms with Crippen molar-refractivity contribution in [2.24, 2.45) is 0 Å². The number of hydrogen-bond donors (Lipinski definition) is 2. The SMILES string of the molecule is O=S(=O)(NCCc1ccccc1O)c1ccc(Cl)s1. The van der Waals surface area contributed by atoms with E-state index in [-0.39, 0.29) is 16.5 Å². The molecule has 1 aromatic heterocycles. The molecule has 102 valence electrons. The predicted molar refractivity (Wildman–Crippen MR) is 76.3 cm³/mol. The van der Waals surface area contributed by atoms with E-state index < -0.39 is 10.0 Å². The van der Waals surface area contributed by atoms with Crippen molar-refractivity contribution < 1.29 is 13.5 Å². The number of phenols is 1. The van der Waals surface area contributed by atoms with Gasteiger partial charge in [-0.3, -0.25) is 0 Å². The first kappa shape index (κ1) is 14.3. The lowest BCUT2D eigenvalue weighted by Crippen LogP contribution is -2.25. The van der Waals surface area contributed by atoms with Gasteiger partial charge < -0.3 is 5.11 Å². The van der Waals surface area contributed by atoms with Crippen molar-refractivity contribution in [3.8, 4) is 5.75 Å². The molecule has 0 aliphatic carbocycles. The molecule has 0 amide bonds. The van der Waals surface area contributed by atoms with Crippen molar-refractivity contribution in [2.45, 2.75) is 10.6 Å². The largest absolute Gasteiger partial charge is 0.508 e. The smallest absolute Gasteiger partial charge is 0.250 e. The summed E-state index contributed by atoms with van der Waals surface area (Å²) in [5.74, 6) is 0.167. The monoisotopic (exact) mass is 317 g/mol. The van der Waals surface area contributed by atoms with Gasteiger partial charge in [-0.25, -0.2) is 13.1 Å². The van der Waals surface area contributed by atoms with Crippen LogP contribution in [0.2, 0.25) is 4.34 Å². The van der Waals surface area contributed by atoms with E-state index in [4.69, 9.17) is 11.6 Å². The molecule has 2 aromatic rings. The zero-order valence-electron chi connectivity index (χ0n) is 9.84. The molecular weight excluding hydrogens is 306 g/mol. The highest BCUT2D eigenvalue weighted by atomic mass is 35.5. The second-order valence-corrected chi connectivity index (χ2v) is 7.54. The van der Waals surface area contributed by atoms with Crippen molar-refractivity contribution in [3.63, 3.8) is 0 Å². The number of benzene rings is 1. The van der Waals surface area contributed by atoms with Gasteiger partial charge in [-0.05, 0) is 30.2 Å². The Balaban J connectivity index is 1.98. The van der Waals surface area contributed by atoms with Crippen LogP contribution in [0.5, 0.6) is 5.75 Å². The average molecular weight is 318 g/mol. The number of phenolic OH excluding ortho intramolecular Hbond substituents is 1. The average Bonchev–Trinajstić information content (AvgIpc) is 2.79. The van der Waals surface area contributed by atoms with Crippen molar-refractivity contribution in [3.05, 3.63) is 46.3 Å². The fourth-order valence-corrected chi connectivity index (χ4v) is 4.11. The van der Waals surface area contributed by atoms with Crippen LogP contribution < -0.4 is 4.72 Å². The van der Waals surface area contributed by atoms with E-state index in [1.807, 2.05) is 0 Å². The molecule has 19 heavy (non-hydrogen) atoms. The standard InChI is InChI=1S/C12H12ClNO3S2/c13-11-5-6-12(18-11)19(16,17)14-8-7-9-3-1-2-4-10(9)15/h1-6,14-15H,7-8H2. The minimum absolute atomic E-state index is 0.167. The minimum Gasteiger partial charge on any atom is -0.508 e. The lowest BCUT2D eigenvalue weighted by Gasteiger charge is -2.06. The fourth-order valence-electron chi connectivity index (χ4n) is 1.56. The summed E-state index contributed by atoms with van der Waals surface area (Å²) < 4.78 is 26.9. The van der Waals surface area contributed by atoms with Crippen molar-refractivity contribution in [1.29, 1.82) is 0 Å². The van der Waals surface area contributed by atoms with Gasteiger partial charge in [0.15, 0.2) is 0 Å². The van der Waals surface area contributed by atoms with Gasteiger partial charge in [-0.15, -0.1) is 11.3 Å². The van der Waals surface area contributed by atoms with Gasteiger partial charge in [0.1, 0.15) is 9.96 Å². The lowest BCUT2D eigenvalue weighted by molar-refractivity contribution is 0.467. The number of rotatable bonds is 5. The minimum atomic E-state index is -3.52. The predicted octanol–water partition coefficient (Wildman–Crippen LogP) is 2.63. The van der Waals surface area contributed by atoms with Crippen molar-refractivity contribution in [1.82, 2.24) is 4.72 Å². The third-order valence-corrected chi connectivity index (χ3v) is 5.68. The van der Waals surface area contributed by atoms with Gasteiger partial charge in [0.05, 0.1) is 4.34 Å². The Hall–Kier alpha value is -1.08. The second-order valence-electron chi connectivity index (χ2n) is 3.84. The normalized spacial score (nSPS) is 11.6. The first-order chi connectivity index (χ1) is 8.99. The van der Waals surface area contributed by atoms with E-state index in [1.165, 1.54) is 6.07 Å². The molecule has 1 aromatic carbocycles. The molecule has 0 unspecified atom stereocenters. The molecule has 7 heteroatoms. The first-order valence-corrected chi connectivity index (χ1v) is 8.19. The summed E-state index contributed by atoms with van der Waals surface area (Å²) in [6.07, 6.45) is 0.422. The lowest BCUT2D eigenvalue weighted by atomic mass is 10.1. The van der Waals surface area contributed by atoms with E-state index in [0.717, 1.165) is 11.3 Å². The molecule has 0 fully saturated rings. The maximum Gasteiger partial charge on any atom is 0.250 e. The Labute approximate surface area is 120 Å². The van der Waals surface area contributed by atoms with Gasteiger partial charge in [0, 0.05) is 6.54 Å². The highest BCUT2D eigenvalue weighted by molar-refractivity contribution is 7.91. The molecule has 0 saturated carbocycles. The Morgan fingerprint density at radius 2 is 1.95 bits per heavy atom. The van der Waals surface area contributed by atoms with Crippen LogP contribution >= 0.6 is 22.9 Å². The van der Waals surface area contributed by atoms with E-state index >= 15 is 0 Å². The Morgan fingerprint density at radius 3 is 2.58 bits per heavy atom. The summed E-state index contributed by atoms with van der Waals surface area (Å²) in [5.41, 5.74) is 0.703. The summed E-state index contributed by atoms with van der Waals surface area (Å²) in [7, 11) is -3.52. The van der Waals surface area contributed by atoms with Gasteiger partial charge in [0.2, 0.25) is 10.0 Å². The maximum atomic E-state index is 11.9. The molecule has 2 rings (SSSR count). The zero-order chi connectivity index (χ0) is 13.9. The molecule has 0 atom stereocenters. The highest BCUT2D eigenvalue weighted by Gasteiger charge is 2.15. The molecule has 0 spiro atoms. The maximum absolute atomic E-state index is 11.9. The molecular formula is C12H12ClNO3S2. The van der Waals surface area contributed by atoms with Gasteiger partial charge in [-0.2, -0.15) is 0 Å². The number of thiophene rings is 1. The second kappa shape index (κ2) is 5.92. The Kier molecular flexibility index (Phi) is 4.46. The van der Waals surface area contributed by atoms with Gasteiger partial charge >= 0.3 is 0 Å². The molecule has 0 bridgehead atoms. The number of sulfonamides is 1. The third-order valence-electron chi connectivity index (χ3n) is 2.49. The highest BCUT2D eigenvalue weighted by Crippen LogP contribution is 2.25. The summed E-state index contributed by atoms with van der Waals surface area (Å²) in [6.45, 7) is 0.218. The Bertz CT molecular complexity index is 667. The van der Waals surface area contributed by atoms with Crippen LogP contribution in [0, 0.1) is 0 Å². The molecule has 0 saturated heterocycles. The number of halogens is 1. The summed E-state index contributed by atoms with van der Waals surface area (Å²) in [4.78, 5) is 0. The fraction of sp³-hybridized carbons (Fsp3) is 0.167. The van der Waals surface area contributed by atoms with Crippen molar-refractivity contribution in [2.75, 3.05) is 6.54 Å². The number of para-hydroxylation sites is 1. The van der Waals surface area contributed by atoms with E-state index in [0.29, 0.717) is 16.3 Å². The van der Waals surface area contributed by atoms with Crippen LogP contribution in [0.15, 0.2) is 40.6 Å². The first-order valence-electron chi connectivity index (χ1n) is 5.51. The quantitative estimate of drug-likeness (QED) is 0.891. The van der Waals surface area contributed by atoms with E-state index in [1.54, 1.807) is 30.3 Å². The van der Waals surface area contributed by atoms with E-state index in [2.05, 4.69) is 4.72 Å². The van der Waals surface area contributed by atoms with E-state index in [9.17, 15) is 13.5 Å². The zero-order valence-corrected chi connectivity index (χ0v) is 12.2. The van der Waals surface area contributed by atoms with Crippen LogP contribution in [0.1, 0.15) is 5.56 Å². The topological polar surface area (TPSA) is 66.4 Å². The van der Waals surface area contributed by atoms with Crippen LogP contribution in [-0.4, -0.2) is 20.1 Å². The molecule has 0 aliphatic heterocycles. The van der Waals surface area contributed by atoms with Crippen LogP contribution in [0.4, 0.5) is 0 Å². The number of hydrogen-bond acceptors (Lipinski definition) is 4. The molecule has 1 heterocycles. The van der Waals surface area contributed by atoms with Crippen molar-refractivity contribution >= 4 is 33.0 Å². The third kappa shape index (κ3) is 3.70. The molecule has 4 nitrogen and oxygen atoms in total. The van der Waals surface area contributed by atoms with Gasteiger partial charge in [-0.1, -0.05) is 29.8 Å². The van der Waals surface area contributed by atoms with Crippen LogP contribution in [0.3, 0.4) is 0 Å². The number of nitrogens with one attached hydrogen (secondary N) is 1. The summed E-state index contributed by atoms with van der Waals surface area (Å²) in [5, 5.41) is 9.57. The van der Waals surface area contributed by atoms with Gasteiger partial charge in [0.25, 0.3) is 0 Å². The van der Waals surface area contributed by atoms with Crippen LogP contribution in [0.25, 0.3) is 0 Å². The Morgan fingerprint density at radius 1 is 1.21 bits per heavy atom. The molecule has 2 N–H and O–H groups in total. The summed E-state index contributed by atoms with van der Waals surface area (Å²) >= 11 is 6.72. The summed E-state index contributed by atoms with van der Waals surface area (Å²) in [6, 6.07) is 9.85. The number of aromatic hydroxyl groups is 1. The van der Waals surface area contributed by atoms with Crippen LogP contribution in [-0.2, 0) is 16.4 Å². The molecule has 0 aliphatic rings. The molecule has 0 radical (unpaired) electrons.